The van der Waals surface area contributed by atoms with E-state index in [1.54, 1.807) is 0 Å². The lowest BCUT2D eigenvalue weighted by molar-refractivity contribution is 0.418. The Balaban J connectivity index is 2.66. The van der Waals surface area contributed by atoms with Crippen molar-refractivity contribution >= 4 is 23.2 Å². The van der Waals surface area contributed by atoms with Gasteiger partial charge >= 0.3 is 0 Å². The van der Waals surface area contributed by atoms with E-state index in [1.807, 2.05) is 18.2 Å². The Morgan fingerprint density at radius 1 is 1.22 bits per heavy atom. The summed E-state index contributed by atoms with van der Waals surface area (Å²) in [5, 5.41) is 5.10. The van der Waals surface area contributed by atoms with E-state index in [0.29, 0.717) is 12.0 Å². The van der Waals surface area contributed by atoms with E-state index in [-0.39, 0.29) is 0 Å². The van der Waals surface area contributed by atoms with Gasteiger partial charge in [0.05, 0.1) is 0 Å². The smallest absolute Gasteiger partial charge is 0.0439 e. The van der Waals surface area contributed by atoms with E-state index < -0.39 is 0 Å². The molecule has 1 unspecified atom stereocenters. The van der Waals surface area contributed by atoms with Gasteiger partial charge in [0.1, 0.15) is 0 Å². The Kier molecular flexibility index (Phi) is 7.06. The molecular weight excluding hydrogens is 265 g/mol. The van der Waals surface area contributed by atoms with Crippen LogP contribution in [0.5, 0.6) is 0 Å². The van der Waals surface area contributed by atoms with Crippen LogP contribution < -0.4 is 5.32 Å². The molecule has 0 aliphatic rings. The molecule has 1 nitrogen and oxygen atoms in total. The Bertz CT molecular complexity index is 364. The van der Waals surface area contributed by atoms with E-state index in [2.05, 4.69) is 26.1 Å². The van der Waals surface area contributed by atoms with Crippen molar-refractivity contribution in [2.75, 3.05) is 6.54 Å². The molecule has 0 amide bonds. The monoisotopic (exact) mass is 287 g/mol. The predicted molar refractivity (Wildman–Crippen MR) is 81.7 cm³/mol. The third-order valence-corrected chi connectivity index (χ3v) is 3.63. The van der Waals surface area contributed by atoms with Crippen LogP contribution in [0.2, 0.25) is 10.0 Å². The normalized spacial score (nSPS) is 13.0. The van der Waals surface area contributed by atoms with Gasteiger partial charge in [-0.05, 0) is 49.1 Å². The van der Waals surface area contributed by atoms with Crippen LogP contribution in [0, 0.1) is 5.92 Å². The summed E-state index contributed by atoms with van der Waals surface area (Å²) in [5.74, 6) is 0.619. The van der Waals surface area contributed by atoms with E-state index in [1.165, 1.54) is 12.8 Å². The Hall–Kier alpha value is -0.240. The molecule has 0 heterocycles. The third kappa shape index (κ3) is 5.60. The molecule has 1 N–H and O–H groups in total. The van der Waals surface area contributed by atoms with Crippen LogP contribution >= 0.6 is 23.2 Å². The second kappa shape index (κ2) is 8.04. The maximum atomic E-state index is 6.22. The molecular formula is C15H23Cl2N. The zero-order valence-electron chi connectivity index (χ0n) is 11.5. The van der Waals surface area contributed by atoms with Crippen molar-refractivity contribution in [2.45, 2.75) is 46.1 Å². The van der Waals surface area contributed by atoms with Crippen molar-refractivity contribution in [1.29, 1.82) is 0 Å². The highest BCUT2D eigenvalue weighted by atomic mass is 35.5. The standard InChI is InChI=1S/C15H23Cl2N/c1-4-5-12(10-18-11(2)3)8-13-9-14(16)6-7-15(13)17/h6-7,9,11-12,18H,4-5,8,10H2,1-3H3. The van der Waals surface area contributed by atoms with Crippen LogP contribution in [0.3, 0.4) is 0 Å². The summed E-state index contributed by atoms with van der Waals surface area (Å²) in [7, 11) is 0. The molecule has 0 aliphatic carbocycles. The van der Waals surface area contributed by atoms with Crippen molar-refractivity contribution in [2.24, 2.45) is 5.92 Å². The van der Waals surface area contributed by atoms with Crippen molar-refractivity contribution in [1.82, 2.24) is 5.32 Å². The summed E-state index contributed by atoms with van der Waals surface area (Å²) in [5.41, 5.74) is 1.16. The number of hydrogen-bond donors (Lipinski definition) is 1. The molecule has 0 bridgehead atoms. The maximum Gasteiger partial charge on any atom is 0.0439 e. The average Bonchev–Trinajstić information content (AvgIpc) is 2.31. The number of rotatable bonds is 7. The molecule has 3 heteroatoms. The first-order valence-electron chi connectivity index (χ1n) is 6.70. The molecule has 1 aromatic carbocycles. The summed E-state index contributed by atoms with van der Waals surface area (Å²) >= 11 is 12.3. The number of benzene rings is 1. The average molecular weight is 288 g/mol. The van der Waals surface area contributed by atoms with Gasteiger partial charge in [-0.25, -0.2) is 0 Å². The molecule has 1 atom stereocenters. The largest absolute Gasteiger partial charge is 0.314 e. The molecule has 0 saturated heterocycles. The highest BCUT2D eigenvalue weighted by Gasteiger charge is 2.12. The Morgan fingerprint density at radius 3 is 2.56 bits per heavy atom. The van der Waals surface area contributed by atoms with E-state index in [4.69, 9.17) is 23.2 Å². The molecule has 1 aromatic rings. The zero-order valence-corrected chi connectivity index (χ0v) is 13.0. The first kappa shape index (κ1) is 15.8. The SMILES string of the molecule is CCCC(CNC(C)C)Cc1cc(Cl)ccc1Cl. The van der Waals surface area contributed by atoms with Gasteiger partial charge in [0.2, 0.25) is 0 Å². The molecule has 0 fully saturated rings. The Morgan fingerprint density at radius 2 is 1.94 bits per heavy atom. The van der Waals surface area contributed by atoms with Gasteiger partial charge in [-0.3, -0.25) is 0 Å². The van der Waals surface area contributed by atoms with Gasteiger partial charge in [0.25, 0.3) is 0 Å². The van der Waals surface area contributed by atoms with Gasteiger partial charge in [-0.15, -0.1) is 0 Å². The molecule has 0 saturated carbocycles. The first-order chi connectivity index (χ1) is 8.52. The second-order valence-corrected chi connectivity index (χ2v) is 6.00. The highest BCUT2D eigenvalue weighted by Crippen LogP contribution is 2.24. The summed E-state index contributed by atoms with van der Waals surface area (Å²) in [6, 6.07) is 6.24. The minimum atomic E-state index is 0.527. The highest BCUT2D eigenvalue weighted by molar-refractivity contribution is 6.33. The summed E-state index contributed by atoms with van der Waals surface area (Å²) in [4.78, 5) is 0. The topological polar surface area (TPSA) is 12.0 Å². The first-order valence-corrected chi connectivity index (χ1v) is 7.45. The van der Waals surface area contributed by atoms with Crippen LogP contribution in [-0.2, 0) is 6.42 Å². The van der Waals surface area contributed by atoms with Gasteiger partial charge in [-0.2, -0.15) is 0 Å². The van der Waals surface area contributed by atoms with Crippen LogP contribution in [0.25, 0.3) is 0 Å². The molecule has 1 rings (SSSR count). The fraction of sp³-hybridized carbons (Fsp3) is 0.600. The quantitative estimate of drug-likeness (QED) is 0.748. The fourth-order valence-corrected chi connectivity index (χ4v) is 2.49. The molecule has 0 radical (unpaired) electrons. The van der Waals surface area contributed by atoms with Gasteiger partial charge in [0, 0.05) is 16.1 Å². The second-order valence-electron chi connectivity index (χ2n) is 5.16. The van der Waals surface area contributed by atoms with Crippen molar-refractivity contribution in [3.05, 3.63) is 33.8 Å². The third-order valence-electron chi connectivity index (χ3n) is 3.03. The van der Waals surface area contributed by atoms with Crippen LogP contribution in [0.1, 0.15) is 39.2 Å². The minimum Gasteiger partial charge on any atom is -0.314 e. The number of halogens is 2. The molecule has 102 valence electrons. The van der Waals surface area contributed by atoms with Crippen molar-refractivity contribution in [3.63, 3.8) is 0 Å². The van der Waals surface area contributed by atoms with Gasteiger partial charge < -0.3 is 5.32 Å². The molecule has 0 aliphatic heterocycles. The number of nitrogens with one attached hydrogen (secondary N) is 1. The van der Waals surface area contributed by atoms with Gasteiger partial charge in [-0.1, -0.05) is 50.4 Å². The lowest BCUT2D eigenvalue weighted by Crippen LogP contribution is -2.30. The predicted octanol–water partition coefficient (Wildman–Crippen LogP) is 4.95. The van der Waals surface area contributed by atoms with Crippen molar-refractivity contribution < 1.29 is 0 Å². The van der Waals surface area contributed by atoms with E-state index in [0.717, 1.165) is 28.6 Å². The number of hydrogen-bond acceptors (Lipinski definition) is 1. The van der Waals surface area contributed by atoms with Crippen LogP contribution in [0.15, 0.2) is 18.2 Å². The summed E-state index contributed by atoms with van der Waals surface area (Å²) in [6.07, 6.45) is 3.40. The molecule has 0 spiro atoms. The summed E-state index contributed by atoms with van der Waals surface area (Å²) in [6.45, 7) is 7.61. The van der Waals surface area contributed by atoms with E-state index in [9.17, 15) is 0 Å². The van der Waals surface area contributed by atoms with Crippen LogP contribution in [0.4, 0.5) is 0 Å². The maximum absolute atomic E-state index is 6.22. The van der Waals surface area contributed by atoms with Gasteiger partial charge in [0.15, 0.2) is 0 Å². The van der Waals surface area contributed by atoms with E-state index >= 15 is 0 Å². The molecule has 0 aromatic heterocycles. The van der Waals surface area contributed by atoms with Crippen LogP contribution in [-0.4, -0.2) is 12.6 Å². The minimum absolute atomic E-state index is 0.527. The fourth-order valence-electron chi connectivity index (χ4n) is 2.10. The lowest BCUT2D eigenvalue weighted by atomic mass is 9.94. The Labute approximate surface area is 121 Å². The molecule has 18 heavy (non-hydrogen) atoms. The summed E-state index contributed by atoms with van der Waals surface area (Å²) < 4.78 is 0. The van der Waals surface area contributed by atoms with Crippen molar-refractivity contribution in [3.8, 4) is 0 Å². The lowest BCUT2D eigenvalue weighted by Gasteiger charge is -2.19. The zero-order chi connectivity index (χ0) is 13.5.